The van der Waals surface area contributed by atoms with Crippen LogP contribution in [0.4, 0.5) is 0 Å². The van der Waals surface area contributed by atoms with Crippen molar-refractivity contribution >= 4 is 13.3 Å². The molecule has 0 saturated heterocycles. The van der Waals surface area contributed by atoms with Gasteiger partial charge in [0.05, 0.1) is 0 Å². The summed E-state index contributed by atoms with van der Waals surface area (Å²) >= 11 is 0. The lowest BCUT2D eigenvalue weighted by atomic mass is 10.1. The molecule has 0 aromatic heterocycles. The molecule has 130 valence electrons. The fraction of sp³-hybridized carbons (Fsp3) is 0.455. The molecule has 2 heteroatoms. The molecular formula is C22H32OSi. The molecule has 0 heterocycles. The van der Waals surface area contributed by atoms with Crippen LogP contribution in [-0.2, 0) is 0 Å². The van der Waals surface area contributed by atoms with Crippen molar-refractivity contribution < 1.29 is 4.74 Å². The Morgan fingerprint density at radius 1 is 1.00 bits per heavy atom. The predicted octanol–water partition coefficient (Wildman–Crippen LogP) is 6.00. The lowest BCUT2D eigenvalue weighted by Gasteiger charge is -2.39. The molecule has 24 heavy (non-hydrogen) atoms. The molecule has 0 radical (unpaired) electrons. The van der Waals surface area contributed by atoms with Gasteiger partial charge in [-0.3, -0.25) is 0 Å². The molecule has 0 fully saturated rings. The van der Waals surface area contributed by atoms with E-state index in [-0.39, 0.29) is 0 Å². The summed E-state index contributed by atoms with van der Waals surface area (Å²) < 4.78 is 6.06. The second-order valence-electron chi connectivity index (χ2n) is 7.01. The van der Waals surface area contributed by atoms with Crippen molar-refractivity contribution in [2.24, 2.45) is 0 Å². The summed E-state index contributed by atoms with van der Waals surface area (Å²) in [4.78, 5) is 0. The zero-order valence-corrected chi connectivity index (χ0v) is 17.2. The highest BCUT2D eigenvalue weighted by molar-refractivity contribution is 6.94. The standard InChI is InChI=1S/C22H32OSi/c1-8-15-23-20-13-11-12-14-21(20)24(9-2,10-3)22-18(6)16(4)17(5)19(22)7/h8,11-14,22H,1,9-10,15H2,2-7H3. The third-order valence-corrected chi connectivity index (χ3v) is 12.2. The van der Waals surface area contributed by atoms with E-state index in [4.69, 9.17) is 4.74 Å². The monoisotopic (exact) mass is 340 g/mol. The molecule has 1 aromatic carbocycles. The molecule has 0 N–H and O–H groups in total. The second kappa shape index (κ2) is 7.56. The maximum absolute atomic E-state index is 6.06. The fourth-order valence-corrected chi connectivity index (χ4v) is 10.1. The molecule has 0 amide bonds. The Labute approximate surface area is 149 Å². The van der Waals surface area contributed by atoms with Crippen LogP contribution in [0.2, 0.25) is 17.6 Å². The summed E-state index contributed by atoms with van der Waals surface area (Å²) in [7, 11) is -1.77. The molecule has 0 spiro atoms. The normalized spacial score (nSPS) is 16.1. The largest absolute Gasteiger partial charge is 0.490 e. The van der Waals surface area contributed by atoms with Crippen LogP contribution in [-0.4, -0.2) is 14.7 Å². The molecular weight excluding hydrogens is 308 g/mol. The Balaban J connectivity index is 2.64. The van der Waals surface area contributed by atoms with Crippen LogP contribution in [0.1, 0.15) is 41.5 Å². The van der Waals surface area contributed by atoms with Crippen molar-refractivity contribution in [1.29, 1.82) is 0 Å². The van der Waals surface area contributed by atoms with Crippen LogP contribution >= 0.6 is 0 Å². The molecule has 1 aliphatic rings. The van der Waals surface area contributed by atoms with E-state index in [1.165, 1.54) is 28.4 Å². The minimum absolute atomic E-state index is 0.571. The summed E-state index contributed by atoms with van der Waals surface area (Å²) in [6.07, 6.45) is 1.83. The van der Waals surface area contributed by atoms with Crippen molar-refractivity contribution in [1.82, 2.24) is 0 Å². The topological polar surface area (TPSA) is 9.23 Å². The molecule has 0 unspecified atom stereocenters. The molecule has 0 saturated carbocycles. The highest BCUT2D eigenvalue weighted by atomic mass is 28.3. The highest BCUT2D eigenvalue weighted by Gasteiger charge is 2.46. The van der Waals surface area contributed by atoms with Crippen molar-refractivity contribution in [2.75, 3.05) is 6.61 Å². The summed E-state index contributed by atoms with van der Waals surface area (Å²) in [5.74, 6) is 1.07. The average Bonchev–Trinajstić information content (AvgIpc) is 2.80. The Bertz CT molecular complexity index is 653. The van der Waals surface area contributed by atoms with E-state index >= 15 is 0 Å². The first-order valence-electron chi connectivity index (χ1n) is 9.12. The minimum Gasteiger partial charge on any atom is -0.490 e. The Morgan fingerprint density at radius 2 is 1.54 bits per heavy atom. The first-order valence-corrected chi connectivity index (χ1v) is 11.6. The van der Waals surface area contributed by atoms with Gasteiger partial charge in [-0.15, -0.1) is 0 Å². The fourth-order valence-electron chi connectivity index (χ4n) is 4.53. The van der Waals surface area contributed by atoms with Crippen LogP contribution in [0.5, 0.6) is 5.75 Å². The Kier molecular flexibility index (Phi) is 5.92. The summed E-state index contributed by atoms with van der Waals surface area (Å²) in [5, 5.41) is 1.48. The maximum Gasteiger partial charge on any atom is 0.119 e. The molecule has 2 rings (SSSR count). The van der Waals surface area contributed by atoms with Crippen LogP contribution < -0.4 is 9.92 Å². The predicted molar refractivity (Wildman–Crippen MR) is 109 cm³/mol. The van der Waals surface area contributed by atoms with Gasteiger partial charge in [-0.05, 0) is 50.1 Å². The first-order chi connectivity index (χ1) is 11.4. The molecule has 1 aromatic rings. The Hall–Kier alpha value is -1.54. The van der Waals surface area contributed by atoms with Crippen molar-refractivity contribution in [3.05, 3.63) is 59.2 Å². The van der Waals surface area contributed by atoms with Gasteiger partial charge in [0.2, 0.25) is 0 Å². The van der Waals surface area contributed by atoms with Gasteiger partial charge in [-0.25, -0.2) is 0 Å². The van der Waals surface area contributed by atoms with Crippen LogP contribution in [0.3, 0.4) is 0 Å². The van der Waals surface area contributed by atoms with E-state index in [2.05, 4.69) is 72.4 Å². The minimum atomic E-state index is -1.77. The zero-order valence-electron chi connectivity index (χ0n) is 16.2. The van der Waals surface area contributed by atoms with Gasteiger partial charge in [-0.2, -0.15) is 0 Å². The third kappa shape index (κ3) is 2.92. The summed E-state index contributed by atoms with van der Waals surface area (Å²) in [6.45, 7) is 18.4. The van der Waals surface area contributed by atoms with E-state index in [1.807, 2.05) is 6.08 Å². The van der Waals surface area contributed by atoms with E-state index < -0.39 is 8.07 Å². The SMILES string of the molecule is C=CCOc1ccccc1[Si](CC)(CC)C1C(C)=C(C)C(C)=C1C. The lowest BCUT2D eigenvalue weighted by molar-refractivity contribution is 0.366. The van der Waals surface area contributed by atoms with Crippen molar-refractivity contribution in [3.63, 3.8) is 0 Å². The third-order valence-electron chi connectivity index (χ3n) is 6.21. The van der Waals surface area contributed by atoms with E-state index in [0.29, 0.717) is 12.1 Å². The van der Waals surface area contributed by atoms with Gasteiger partial charge in [0.1, 0.15) is 20.4 Å². The van der Waals surface area contributed by atoms with Gasteiger partial charge in [0.25, 0.3) is 0 Å². The number of benzene rings is 1. The number of para-hydroxylation sites is 1. The lowest BCUT2D eigenvalue weighted by Crippen LogP contribution is -2.51. The number of ether oxygens (including phenoxy) is 1. The van der Waals surface area contributed by atoms with E-state index in [0.717, 1.165) is 5.75 Å². The van der Waals surface area contributed by atoms with Gasteiger partial charge >= 0.3 is 0 Å². The van der Waals surface area contributed by atoms with Gasteiger partial charge < -0.3 is 4.74 Å². The van der Waals surface area contributed by atoms with Crippen LogP contribution in [0, 0.1) is 0 Å². The van der Waals surface area contributed by atoms with Gasteiger partial charge in [-0.1, -0.05) is 67.9 Å². The number of hydrogen-bond acceptors (Lipinski definition) is 1. The zero-order chi connectivity index (χ0) is 17.9. The second-order valence-corrected chi connectivity index (χ2v) is 11.9. The maximum atomic E-state index is 6.06. The van der Waals surface area contributed by atoms with E-state index in [1.54, 1.807) is 11.1 Å². The van der Waals surface area contributed by atoms with Crippen LogP contribution in [0.25, 0.3) is 0 Å². The van der Waals surface area contributed by atoms with Gasteiger partial charge in [0, 0.05) is 5.54 Å². The van der Waals surface area contributed by atoms with E-state index in [9.17, 15) is 0 Å². The van der Waals surface area contributed by atoms with Crippen molar-refractivity contribution in [2.45, 2.75) is 59.2 Å². The number of rotatable bonds is 7. The number of allylic oxidation sites excluding steroid dienone is 4. The summed E-state index contributed by atoms with van der Waals surface area (Å²) in [5.41, 5.74) is 6.76. The molecule has 1 aliphatic carbocycles. The van der Waals surface area contributed by atoms with Crippen LogP contribution in [0.15, 0.2) is 59.2 Å². The van der Waals surface area contributed by atoms with Gasteiger partial charge in [0.15, 0.2) is 0 Å². The molecule has 0 bridgehead atoms. The number of hydrogen-bond donors (Lipinski definition) is 0. The Morgan fingerprint density at radius 3 is 2.04 bits per heavy atom. The molecule has 0 aliphatic heterocycles. The first kappa shape index (κ1) is 18.8. The average molecular weight is 341 g/mol. The quantitative estimate of drug-likeness (QED) is 0.436. The van der Waals surface area contributed by atoms with Crippen molar-refractivity contribution in [3.8, 4) is 5.75 Å². The summed E-state index contributed by atoms with van der Waals surface area (Å²) in [6, 6.07) is 11.2. The molecule has 1 nitrogen and oxygen atoms in total. The highest BCUT2D eigenvalue weighted by Crippen LogP contribution is 2.49. The molecule has 0 atom stereocenters. The smallest absolute Gasteiger partial charge is 0.119 e.